The monoisotopic (exact) mass is 306 g/mol. The second-order valence-electron chi connectivity index (χ2n) is 8.53. The minimum absolute atomic E-state index is 0.110. The Morgan fingerprint density at radius 2 is 1.91 bits per heavy atom. The van der Waals surface area contributed by atoms with Crippen LogP contribution in [-0.2, 0) is 4.79 Å². The molecular weight excluding hydrogens is 276 g/mol. The lowest BCUT2D eigenvalue weighted by atomic mass is 9.45. The molecule has 6 atom stereocenters. The number of aliphatic carboxylic acids is 1. The molecule has 3 aliphatic carbocycles. The fourth-order valence-electron chi connectivity index (χ4n) is 6.21. The summed E-state index contributed by atoms with van der Waals surface area (Å²) in [6.07, 6.45) is 7.48. The molecule has 0 spiro atoms. The molecule has 0 saturated heterocycles. The van der Waals surface area contributed by atoms with Crippen molar-refractivity contribution in [1.29, 1.82) is 0 Å². The number of carbonyl (C=O) groups is 1. The molecule has 0 bridgehead atoms. The van der Waals surface area contributed by atoms with E-state index in [0.29, 0.717) is 11.8 Å². The quantitative estimate of drug-likeness (QED) is 0.720. The second-order valence-corrected chi connectivity index (χ2v) is 8.53. The van der Waals surface area contributed by atoms with Crippen LogP contribution in [0.1, 0.15) is 65.2 Å². The lowest BCUT2D eigenvalue weighted by molar-refractivity contribution is -0.170. The molecule has 0 aromatic carbocycles. The summed E-state index contributed by atoms with van der Waals surface area (Å²) in [5.74, 6) is 0.789. The standard InChI is InChI=1S/C19H30O3/c1-12-11-13-5-8-16-18(2,14(13)6-7-15(12)20)9-4-10-19(16,3)17(21)22/h13-16,20H,1,4-11H2,2-3H3,(H,21,22)/t13?,14-,15?,16?,18+,19-/m1/s1. The van der Waals surface area contributed by atoms with Crippen molar-refractivity contribution in [3.63, 3.8) is 0 Å². The molecule has 3 heteroatoms. The minimum atomic E-state index is -0.611. The van der Waals surface area contributed by atoms with E-state index in [4.69, 9.17) is 0 Å². The maximum atomic E-state index is 12.0. The summed E-state index contributed by atoms with van der Waals surface area (Å²) >= 11 is 0. The number of aliphatic hydroxyl groups is 1. The summed E-state index contributed by atoms with van der Waals surface area (Å²) < 4.78 is 0. The first kappa shape index (κ1) is 16.0. The minimum Gasteiger partial charge on any atom is -0.481 e. The molecule has 3 rings (SSSR count). The van der Waals surface area contributed by atoms with E-state index in [1.54, 1.807) is 0 Å². The number of hydrogen-bond donors (Lipinski definition) is 2. The highest BCUT2D eigenvalue weighted by molar-refractivity contribution is 5.75. The van der Waals surface area contributed by atoms with E-state index >= 15 is 0 Å². The van der Waals surface area contributed by atoms with Gasteiger partial charge in [0.15, 0.2) is 0 Å². The smallest absolute Gasteiger partial charge is 0.309 e. The van der Waals surface area contributed by atoms with Crippen LogP contribution in [0.15, 0.2) is 12.2 Å². The molecule has 0 aliphatic heterocycles. The molecule has 2 N–H and O–H groups in total. The normalized spacial score (nSPS) is 49.0. The van der Waals surface area contributed by atoms with E-state index in [1.807, 2.05) is 6.92 Å². The van der Waals surface area contributed by atoms with Gasteiger partial charge in [0.25, 0.3) is 0 Å². The van der Waals surface area contributed by atoms with Gasteiger partial charge in [-0.2, -0.15) is 0 Å². The highest BCUT2D eigenvalue weighted by atomic mass is 16.4. The van der Waals surface area contributed by atoms with Gasteiger partial charge >= 0.3 is 5.97 Å². The maximum Gasteiger partial charge on any atom is 0.309 e. The average Bonchev–Trinajstić information content (AvgIpc) is 2.59. The summed E-state index contributed by atoms with van der Waals surface area (Å²) in [7, 11) is 0. The zero-order valence-electron chi connectivity index (χ0n) is 14.0. The third kappa shape index (κ3) is 2.24. The molecule has 0 amide bonds. The van der Waals surface area contributed by atoms with E-state index in [0.717, 1.165) is 56.9 Å². The van der Waals surface area contributed by atoms with Gasteiger partial charge in [-0.05, 0) is 80.6 Å². The van der Waals surface area contributed by atoms with Gasteiger partial charge in [0.1, 0.15) is 0 Å². The SMILES string of the molecule is C=C1CC2CCC3[C@](C)(C(=O)O)CCC[C@@]3(C)[C@@H]2CCC1O. The molecule has 3 fully saturated rings. The van der Waals surface area contributed by atoms with Crippen molar-refractivity contribution in [2.24, 2.45) is 28.6 Å². The van der Waals surface area contributed by atoms with Crippen LogP contribution >= 0.6 is 0 Å². The summed E-state index contributed by atoms with van der Waals surface area (Å²) in [6, 6.07) is 0. The molecule has 0 aromatic heterocycles. The predicted molar refractivity (Wildman–Crippen MR) is 86.4 cm³/mol. The number of rotatable bonds is 1. The summed E-state index contributed by atoms with van der Waals surface area (Å²) in [5, 5.41) is 20.0. The molecule has 0 radical (unpaired) electrons. The molecule has 3 aliphatic rings. The Labute approximate surface area is 133 Å². The van der Waals surface area contributed by atoms with E-state index in [1.165, 1.54) is 0 Å². The number of carboxylic acid groups (broad SMARTS) is 1. The van der Waals surface area contributed by atoms with Gasteiger partial charge in [0.05, 0.1) is 11.5 Å². The molecule has 0 heterocycles. The van der Waals surface area contributed by atoms with E-state index < -0.39 is 11.4 Å². The number of fused-ring (bicyclic) bond motifs is 3. The van der Waals surface area contributed by atoms with Crippen LogP contribution in [-0.4, -0.2) is 22.3 Å². The van der Waals surface area contributed by atoms with E-state index in [-0.39, 0.29) is 17.4 Å². The number of aliphatic hydroxyl groups excluding tert-OH is 1. The van der Waals surface area contributed by atoms with Crippen molar-refractivity contribution in [1.82, 2.24) is 0 Å². The summed E-state index contributed by atoms with van der Waals surface area (Å²) in [6.45, 7) is 8.40. The third-order valence-electron chi connectivity index (χ3n) is 7.45. The first-order chi connectivity index (χ1) is 10.3. The lowest BCUT2D eigenvalue weighted by Gasteiger charge is -2.58. The fraction of sp³-hybridized carbons (Fsp3) is 0.842. The molecular formula is C19H30O3. The number of hydrogen-bond acceptors (Lipinski definition) is 2. The Bertz CT molecular complexity index is 485. The van der Waals surface area contributed by atoms with Gasteiger partial charge in [0, 0.05) is 0 Å². The number of carboxylic acids is 1. The van der Waals surface area contributed by atoms with Gasteiger partial charge in [-0.15, -0.1) is 0 Å². The van der Waals surface area contributed by atoms with Gasteiger partial charge in [-0.1, -0.05) is 19.9 Å². The van der Waals surface area contributed by atoms with Crippen LogP contribution in [0.3, 0.4) is 0 Å². The Morgan fingerprint density at radius 3 is 2.59 bits per heavy atom. The van der Waals surface area contributed by atoms with Crippen molar-refractivity contribution in [3.05, 3.63) is 12.2 Å². The van der Waals surface area contributed by atoms with Crippen LogP contribution in [0.2, 0.25) is 0 Å². The lowest BCUT2D eigenvalue weighted by Crippen LogP contribution is -2.54. The van der Waals surface area contributed by atoms with Crippen LogP contribution in [0, 0.1) is 28.6 Å². The van der Waals surface area contributed by atoms with Gasteiger partial charge in [-0.3, -0.25) is 4.79 Å². The third-order valence-corrected chi connectivity index (χ3v) is 7.45. The summed E-state index contributed by atoms with van der Waals surface area (Å²) in [5.41, 5.74) is 0.532. The zero-order valence-corrected chi connectivity index (χ0v) is 14.0. The predicted octanol–water partition coefficient (Wildman–Crippen LogP) is 4.01. The van der Waals surface area contributed by atoms with Crippen molar-refractivity contribution in [3.8, 4) is 0 Å². The molecule has 22 heavy (non-hydrogen) atoms. The van der Waals surface area contributed by atoms with Crippen molar-refractivity contribution < 1.29 is 15.0 Å². The van der Waals surface area contributed by atoms with Crippen LogP contribution in [0.5, 0.6) is 0 Å². The maximum absolute atomic E-state index is 12.0. The fourth-order valence-corrected chi connectivity index (χ4v) is 6.21. The van der Waals surface area contributed by atoms with Gasteiger partial charge in [0.2, 0.25) is 0 Å². The van der Waals surface area contributed by atoms with E-state index in [9.17, 15) is 15.0 Å². The summed E-state index contributed by atoms with van der Waals surface area (Å²) in [4.78, 5) is 12.0. The van der Waals surface area contributed by atoms with Crippen LogP contribution in [0.25, 0.3) is 0 Å². The first-order valence-electron chi connectivity index (χ1n) is 8.88. The van der Waals surface area contributed by atoms with Gasteiger partial charge in [-0.25, -0.2) is 0 Å². The van der Waals surface area contributed by atoms with E-state index in [2.05, 4.69) is 13.5 Å². The second kappa shape index (κ2) is 5.36. The van der Waals surface area contributed by atoms with Gasteiger partial charge < -0.3 is 10.2 Å². The molecule has 3 saturated carbocycles. The zero-order chi connectivity index (χ0) is 16.1. The highest BCUT2D eigenvalue weighted by Gasteiger charge is 2.58. The van der Waals surface area contributed by atoms with Crippen molar-refractivity contribution >= 4 is 5.97 Å². The Morgan fingerprint density at radius 1 is 1.18 bits per heavy atom. The Kier molecular flexibility index (Phi) is 3.91. The van der Waals surface area contributed by atoms with Crippen LogP contribution < -0.4 is 0 Å². The first-order valence-corrected chi connectivity index (χ1v) is 8.88. The molecule has 0 aromatic rings. The Hall–Kier alpha value is -0.830. The largest absolute Gasteiger partial charge is 0.481 e. The molecule has 3 unspecified atom stereocenters. The average molecular weight is 306 g/mol. The van der Waals surface area contributed by atoms with Crippen molar-refractivity contribution in [2.45, 2.75) is 71.3 Å². The topological polar surface area (TPSA) is 57.5 Å². The molecule has 3 nitrogen and oxygen atoms in total. The highest BCUT2D eigenvalue weighted by Crippen LogP contribution is 2.63. The Balaban J connectivity index is 1.94. The molecule has 124 valence electrons. The van der Waals surface area contributed by atoms with Crippen molar-refractivity contribution in [2.75, 3.05) is 0 Å². The van der Waals surface area contributed by atoms with Crippen LogP contribution in [0.4, 0.5) is 0 Å².